The predicted molar refractivity (Wildman–Crippen MR) is 114 cm³/mol. The van der Waals surface area contributed by atoms with Gasteiger partial charge in [-0.1, -0.05) is 0 Å². The number of hydrogen-bond acceptors (Lipinski definition) is 8. The summed E-state index contributed by atoms with van der Waals surface area (Å²) in [6.45, 7) is 0.873. The SMILES string of the molecule is COc1ccc(C(=O)COC(=O)CCCC(=O)Nc2ccc(C(C)=O)cc2)cc1[N+](=O)[O-]. The summed E-state index contributed by atoms with van der Waals surface area (Å²) in [5.41, 5.74) is 0.707. The van der Waals surface area contributed by atoms with Crippen molar-refractivity contribution < 1.29 is 33.6 Å². The molecule has 0 radical (unpaired) electrons. The molecule has 32 heavy (non-hydrogen) atoms. The van der Waals surface area contributed by atoms with Gasteiger partial charge in [0.15, 0.2) is 18.1 Å². The van der Waals surface area contributed by atoms with Gasteiger partial charge in [0, 0.05) is 35.7 Å². The molecule has 0 aromatic heterocycles. The third-order valence-electron chi connectivity index (χ3n) is 4.42. The number of nitrogens with one attached hydrogen (secondary N) is 1. The maximum absolute atomic E-state index is 12.1. The average molecular weight is 442 g/mol. The van der Waals surface area contributed by atoms with Crippen LogP contribution in [-0.4, -0.2) is 42.1 Å². The second-order valence-electron chi connectivity index (χ2n) is 6.76. The van der Waals surface area contributed by atoms with Crippen molar-refractivity contribution in [3.05, 3.63) is 63.7 Å². The molecule has 0 heterocycles. The van der Waals surface area contributed by atoms with Crippen LogP contribution in [0.5, 0.6) is 5.75 Å². The Morgan fingerprint density at radius 1 is 1.00 bits per heavy atom. The van der Waals surface area contributed by atoms with Crippen LogP contribution < -0.4 is 10.1 Å². The molecule has 0 saturated carbocycles. The van der Waals surface area contributed by atoms with Crippen molar-refractivity contribution in [3.8, 4) is 5.75 Å². The summed E-state index contributed by atoms with van der Waals surface area (Å²) in [5.74, 6) is -1.65. The van der Waals surface area contributed by atoms with Gasteiger partial charge in [0.2, 0.25) is 11.7 Å². The number of hydrogen-bond donors (Lipinski definition) is 1. The standard InChI is InChI=1S/C22H22N2O8/c1-14(25)15-6-9-17(10-7-15)23-21(27)4-3-5-22(28)32-13-19(26)16-8-11-20(31-2)18(12-16)24(29)30/h6-12H,3-5,13H2,1-2H3,(H,23,27). The fraction of sp³-hybridized carbons (Fsp3) is 0.273. The molecule has 0 aliphatic rings. The normalized spacial score (nSPS) is 10.2. The lowest BCUT2D eigenvalue weighted by Gasteiger charge is -2.07. The molecule has 0 atom stereocenters. The number of Topliss-reactive ketones (excluding diaryl/α,β-unsaturated/α-hetero) is 2. The van der Waals surface area contributed by atoms with E-state index in [-0.39, 0.29) is 48.0 Å². The molecule has 0 unspecified atom stereocenters. The maximum atomic E-state index is 12.1. The number of carbonyl (C=O) groups is 4. The fourth-order valence-corrected chi connectivity index (χ4v) is 2.71. The van der Waals surface area contributed by atoms with Crippen LogP contribution in [0, 0.1) is 10.1 Å². The summed E-state index contributed by atoms with van der Waals surface area (Å²) in [6, 6.07) is 10.1. The minimum Gasteiger partial charge on any atom is -0.490 e. The van der Waals surface area contributed by atoms with Gasteiger partial charge in [0.05, 0.1) is 12.0 Å². The van der Waals surface area contributed by atoms with Gasteiger partial charge in [-0.25, -0.2) is 0 Å². The highest BCUT2D eigenvalue weighted by molar-refractivity contribution is 5.99. The van der Waals surface area contributed by atoms with Crippen LogP contribution in [0.4, 0.5) is 11.4 Å². The zero-order valence-electron chi connectivity index (χ0n) is 17.6. The van der Waals surface area contributed by atoms with E-state index in [1.54, 1.807) is 24.3 Å². The summed E-state index contributed by atoms with van der Waals surface area (Å²) in [6.07, 6.45) is 0.188. The first-order valence-corrected chi connectivity index (χ1v) is 9.63. The molecule has 1 N–H and O–H groups in total. The van der Waals surface area contributed by atoms with E-state index < -0.39 is 23.3 Å². The molecule has 2 rings (SSSR count). The van der Waals surface area contributed by atoms with Crippen LogP contribution in [0.1, 0.15) is 46.9 Å². The van der Waals surface area contributed by atoms with Crippen molar-refractivity contribution in [1.82, 2.24) is 0 Å². The van der Waals surface area contributed by atoms with E-state index in [1.165, 1.54) is 26.2 Å². The Morgan fingerprint density at radius 2 is 1.66 bits per heavy atom. The Hall–Kier alpha value is -4.08. The number of nitrogens with zero attached hydrogens (tertiary/aromatic N) is 1. The molecule has 168 valence electrons. The Kier molecular flexibility index (Phi) is 8.58. The molecule has 0 aliphatic heterocycles. The number of methoxy groups -OCH3 is 1. The van der Waals surface area contributed by atoms with Crippen molar-refractivity contribution in [2.24, 2.45) is 0 Å². The van der Waals surface area contributed by atoms with Gasteiger partial charge < -0.3 is 14.8 Å². The summed E-state index contributed by atoms with van der Waals surface area (Å²) < 4.78 is 9.77. The molecule has 0 spiro atoms. The number of amides is 1. The summed E-state index contributed by atoms with van der Waals surface area (Å²) >= 11 is 0. The lowest BCUT2D eigenvalue weighted by Crippen LogP contribution is -2.15. The van der Waals surface area contributed by atoms with E-state index >= 15 is 0 Å². The molecule has 0 bridgehead atoms. The molecular formula is C22H22N2O8. The Balaban J connectivity index is 1.75. The van der Waals surface area contributed by atoms with Gasteiger partial charge in [0.1, 0.15) is 0 Å². The first-order chi connectivity index (χ1) is 15.2. The molecular weight excluding hydrogens is 420 g/mol. The molecule has 10 heteroatoms. The van der Waals surface area contributed by atoms with Crippen molar-refractivity contribution in [2.45, 2.75) is 26.2 Å². The van der Waals surface area contributed by atoms with E-state index in [1.807, 2.05) is 0 Å². The highest BCUT2D eigenvalue weighted by Crippen LogP contribution is 2.27. The number of benzene rings is 2. The van der Waals surface area contributed by atoms with Crippen LogP contribution in [0.15, 0.2) is 42.5 Å². The minimum absolute atomic E-state index is 0.0108. The first-order valence-electron chi connectivity index (χ1n) is 9.63. The molecule has 2 aromatic rings. The average Bonchev–Trinajstić information content (AvgIpc) is 2.77. The number of nitro groups is 1. The van der Waals surface area contributed by atoms with Gasteiger partial charge >= 0.3 is 11.7 Å². The number of ether oxygens (including phenoxy) is 2. The van der Waals surface area contributed by atoms with Crippen molar-refractivity contribution >= 4 is 34.8 Å². The van der Waals surface area contributed by atoms with Crippen LogP contribution in [0.3, 0.4) is 0 Å². The van der Waals surface area contributed by atoms with Gasteiger partial charge in [-0.3, -0.25) is 29.3 Å². The zero-order chi connectivity index (χ0) is 23.7. The minimum atomic E-state index is -0.676. The number of rotatable bonds is 11. The van der Waals surface area contributed by atoms with Crippen LogP contribution in [-0.2, 0) is 14.3 Å². The molecule has 10 nitrogen and oxygen atoms in total. The van der Waals surface area contributed by atoms with Gasteiger partial charge in [-0.15, -0.1) is 0 Å². The van der Waals surface area contributed by atoms with Crippen LogP contribution in [0.25, 0.3) is 0 Å². The van der Waals surface area contributed by atoms with Crippen LogP contribution in [0.2, 0.25) is 0 Å². The lowest BCUT2D eigenvalue weighted by molar-refractivity contribution is -0.385. The number of carbonyl (C=O) groups excluding carboxylic acids is 4. The third kappa shape index (κ3) is 7.01. The molecule has 0 aliphatic carbocycles. The number of esters is 1. The second-order valence-corrected chi connectivity index (χ2v) is 6.76. The van der Waals surface area contributed by atoms with Crippen molar-refractivity contribution in [1.29, 1.82) is 0 Å². The topological polar surface area (TPSA) is 142 Å². The Bertz CT molecular complexity index is 1030. The summed E-state index contributed by atoms with van der Waals surface area (Å²) in [7, 11) is 1.27. The van der Waals surface area contributed by atoms with Crippen molar-refractivity contribution in [3.63, 3.8) is 0 Å². The number of nitro benzene ring substituents is 1. The van der Waals surface area contributed by atoms with E-state index in [4.69, 9.17) is 9.47 Å². The highest BCUT2D eigenvalue weighted by atomic mass is 16.6. The first kappa shape index (κ1) is 24.2. The number of ketones is 2. The van der Waals surface area contributed by atoms with E-state index in [9.17, 15) is 29.3 Å². The number of anilines is 1. The van der Waals surface area contributed by atoms with Crippen LogP contribution >= 0.6 is 0 Å². The van der Waals surface area contributed by atoms with Gasteiger partial charge in [-0.05, 0) is 49.7 Å². The summed E-state index contributed by atoms with van der Waals surface area (Å²) in [4.78, 5) is 57.5. The molecule has 2 aromatic carbocycles. The molecule has 1 amide bonds. The maximum Gasteiger partial charge on any atom is 0.311 e. The molecule has 0 saturated heterocycles. The lowest BCUT2D eigenvalue weighted by atomic mass is 10.1. The Morgan fingerprint density at radius 3 is 2.25 bits per heavy atom. The van der Waals surface area contributed by atoms with E-state index in [2.05, 4.69) is 5.32 Å². The summed E-state index contributed by atoms with van der Waals surface area (Å²) in [5, 5.41) is 13.7. The fourth-order valence-electron chi connectivity index (χ4n) is 2.71. The quantitative estimate of drug-likeness (QED) is 0.242. The largest absolute Gasteiger partial charge is 0.490 e. The third-order valence-corrected chi connectivity index (χ3v) is 4.42. The molecule has 0 fully saturated rings. The van der Waals surface area contributed by atoms with Gasteiger partial charge in [0.25, 0.3) is 0 Å². The Labute approximate surface area is 183 Å². The zero-order valence-corrected chi connectivity index (χ0v) is 17.6. The van der Waals surface area contributed by atoms with E-state index in [0.717, 1.165) is 6.07 Å². The highest BCUT2D eigenvalue weighted by Gasteiger charge is 2.19. The predicted octanol–water partition coefficient (Wildman–Crippen LogP) is 3.34. The monoisotopic (exact) mass is 442 g/mol. The van der Waals surface area contributed by atoms with Gasteiger partial charge in [-0.2, -0.15) is 0 Å². The van der Waals surface area contributed by atoms with Crippen molar-refractivity contribution in [2.75, 3.05) is 19.0 Å². The van der Waals surface area contributed by atoms with E-state index in [0.29, 0.717) is 11.3 Å². The smallest absolute Gasteiger partial charge is 0.311 e. The second kappa shape index (κ2) is 11.3.